The summed E-state index contributed by atoms with van der Waals surface area (Å²) >= 11 is 3.35. The van der Waals surface area contributed by atoms with E-state index in [4.69, 9.17) is 0 Å². The fraction of sp³-hybridized carbons (Fsp3) is 0.467. The summed E-state index contributed by atoms with van der Waals surface area (Å²) in [5.74, 6) is 0.0354. The lowest BCUT2D eigenvalue weighted by molar-refractivity contribution is -0.130. The highest BCUT2D eigenvalue weighted by Gasteiger charge is 2.23. The summed E-state index contributed by atoms with van der Waals surface area (Å²) in [6.45, 7) is 4.71. The van der Waals surface area contributed by atoms with E-state index in [1.165, 1.54) is 0 Å². The highest BCUT2D eigenvalue weighted by atomic mass is 79.9. The van der Waals surface area contributed by atoms with Gasteiger partial charge in [-0.3, -0.25) is 14.5 Å². The largest absolute Gasteiger partial charge is 0.348 e. The van der Waals surface area contributed by atoms with Crippen LogP contribution in [0.3, 0.4) is 0 Å². The van der Waals surface area contributed by atoms with Crippen LogP contribution in [-0.4, -0.2) is 54.7 Å². The van der Waals surface area contributed by atoms with Crippen molar-refractivity contribution in [1.82, 2.24) is 9.80 Å². The van der Waals surface area contributed by atoms with Crippen LogP contribution in [0, 0.1) is 0 Å². The van der Waals surface area contributed by atoms with Crippen LogP contribution < -0.4 is 0 Å². The van der Waals surface area contributed by atoms with E-state index in [9.17, 15) is 9.59 Å². The molecule has 0 fully saturated rings. The first-order valence-corrected chi connectivity index (χ1v) is 7.40. The topological polar surface area (TPSA) is 40.6 Å². The highest BCUT2D eigenvalue weighted by molar-refractivity contribution is 9.10. The number of nitrogens with zero attached hydrogens (tertiary/aromatic N) is 2. The van der Waals surface area contributed by atoms with Crippen LogP contribution in [0.15, 0.2) is 28.7 Å². The van der Waals surface area contributed by atoms with Gasteiger partial charge in [-0.25, -0.2) is 0 Å². The molecule has 0 aromatic heterocycles. The molecule has 0 saturated heterocycles. The van der Waals surface area contributed by atoms with E-state index >= 15 is 0 Å². The third-order valence-corrected chi connectivity index (χ3v) is 3.83. The zero-order chi connectivity index (χ0) is 15.3. The Bertz CT molecular complexity index is 471. The Kier molecular flexibility index (Phi) is 6.36. The monoisotopic (exact) mass is 340 g/mol. The van der Waals surface area contributed by atoms with Crippen molar-refractivity contribution in [2.24, 2.45) is 0 Å². The van der Waals surface area contributed by atoms with Crippen molar-refractivity contribution >= 4 is 27.6 Å². The molecule has 5 heteroatoms. The second-order valence-corrected chi connectivity index (χ2v) is 5.81. The lowest BCUT2D eigenvalue weighted by atomic mass is 10.0. The van der Waals surface area contributed by atoms with E-state index in [0.717, 1.165) is 4.47 Å². The maximum Gasteiger partial charge on any atom is 0.236 e. The van der Waals surface area contributed by atoms with Crippen LogP contribution in [0.1, 0.15) is 24.2 Å². The van der Waals surface area contributed by atoms with E-state index in [1.807, 2.05) is 30.9 Å². The molecule has 1 rings (SSSR count). The maximum atomic E-state index is 12.4. The zero-order valence-electron chi connectivity index (χ0n) is 12.4. The number of carbonyl (C=O) groups is 2. The SMILES string of the molecule is CCN(CC(=O)N(C)C)C(C)C(=O)c1ccc(Br)cc1. The van der Waals surface area contributed by atoms with Crippen molar-refractivity contribution in [2.75, 3.05) is 27.2 Å². The van der Waals surface area contributed by atoms with Gasteiger partial charge in [0.15, 0.2) is 5.78 Å². The van der Waals surface area contributed by atoms with Gasteiger partial charge in [-0.2, -0.15) is 0 Å². The van der Waals surface area contributed by atoms with Gasteiger partial charge in [-0.05, 0) is 25.6 Å². The molecule has 1 amide bonds. The van der Waals surface area contributed by atoms with Crippen LogP contribution in [0.25, 0.3) is 0 Å². The number of amides is 1. The fourth-order valence-electron chi connectivity index (χ4n) is 1.86. The van der Waals surface area contributed by atoms with Gasteiger partial charge in [0, 0.05) is 24.1 Å². The van der Waals surface area contributed by atoms with Crippen molar-refractivity contribution in [3.63, 3.8) is 0 Å². The van der Waals surface area contributed by atoms with Gasteiger partial charge in [0.2, 0.25) is 5.91 Å². The summed E-state index contributed by atoms with van der Waals surface area (Å²) in [5, 5.41) is 0. The van der Waals surface area contributed by atoms with Crippen LogP contribution in [0.4, 0.5) is 0 Å². The first-order chi connectivity index (χ1) is 9.36. The van der Waals surface area contributed by atoms with Crippen LogP contribution in [0.5, 0.6) is 0 Å². The lowest BCUT2D eigenvalue weighted by Crippen LogP contribution is -2.44. The van der Waals surface area contributed by atoms with E-state index in [2.05, 4.69) is 15.9 Å². The predicted octanol–water partition coefficient (Wildman–Crippen LogP) is 2.43. The quantitative estimate of drug-likeness (QED) is 0.746. The minimum Gasteiger partial charge on any atom is -0.348 e. The number of carbonyl (C=O) groups excluding carboxylic acids is 2. The Morgan fingerprint density at radius 3 is 2.20 bits per heavy atom. The van der Waals surface area contributed by atoms with Crippen molar-refractivity contribution in [3.05, 3.63) is 34.3 Å². The molecule has 0 bridgehead atoms. The Morgan fingerprint density at radius 1 is 1.20 bits per heavy atom. The molecule has 0 N–H and O–H groups in total. The number of hydrogen-bond acceptors (Lipinski definition) is 3. The third-order valence-electron chi connectivity index (χ3n) is 3.30. The molecule has 20 heavy (non-hydrogen) atoms. The molecule has 4 nitrogen and oxygen atoms in total. The number of halogens is 1. The average Bonchev–Trinajstić information content (AvgIpc) is 2.43. The van der Waals surface area contributed by atoms with E-state index in [1.54, 1.807) is 31.1 Å². The molecule has 0 saturated carbocycles. The van der Waals surface area contributed by atoms with Gasteiger partial charge in [0.25, 0.3) is 0 Å². The number of likely N-dealkylation sites (N-methyl/N-ethyl adjacent to an activating group) is 2. The second kappa shape index (κ2) is 7.55. The van der Waals surface area contributed by atoms with Crippen molar-refractivity contribution in [3.8, 4) is 0 Å². The molecule has 0 heterocycles. The number of ketones is 1. The first kappa shape index (κ1) is 16.9. The maximum absolute atomic E-state index is 12.4. The summed E-state index contributed by atoms with van der Waals surface area (Å²) < 4.78 is 0.942. The highest BCUT2D eigenvalue weighted by Crippen LogP contribution is 2.14. The van der Waals surface area contributed by atoms with Crippen LogP contribution >= 0.6 is 15.9 Å². The summed E-state index contributed by atoms with van der Waals surface area (Å²) in [7, 11) is 3.44. The van der Waals surface area contributed by atoms with Gasteiger partial charge >= 0.3 is 0 Å². The molecule has 0 spiro atoms. The summed E-state index contributed by atoms with van der Waals surface area (Å²) in [5.41, 5.74) is 0.663. The third kappa shape index (κ3) is 4.42. The molecule has 1 atom stereocenters. The van der Waals surface area contributed by atoms with E-state index < -0.39 is 0 Å². The molecule has 1 aromatic rings. The molecule has 1 aromatic carbocycles. The zero-order valence-corrected chi connectivity index (χ0v) is 14.0. The Hall–Kier alpha value is -1.20. The van der Waals surface area contributed by atoms with Crippen molar-refractivity contribution in [1.29, 1.82) is 0 Å². The summed E-state index contributed by atoms with van der Waals surface area (Å²) in [6, 6.07) is 6.97. The summed E-state index contributed by atoms with van der Waals surface area (Å²) in [6.07, 6.45) is 0. The predicted molar refractivity (Wildman–Crippen MR) is 83.9 cm³/mol. The Balaban J connectivity index is 2.80. The minimum atomic E-state index is -0.315. The van der Waals surface area contributed by atoms with Gasteiger partial charge in [0.05, 0.1) is 12.6 Å². The average molecular weight is 341 g/mol. The molecule has 0 aliphatic rings. The molecular weight excluding hydrogens is 320 g/mol. The van der Waals surface area contributed by atoms with Gasteiger partial charge in [0.1, 0.15) is 0 Å². The van der Waals surface area contributed by atoms with Gasteiger partial charge < -0.3 is 4.90 Å². The summed E-state index contributed by atoms with van der Waals surface area (Å²) in [4.78, 5) is 27.6. The molecule has 1 unspecified atom stereocenters. The molecular formula is C15H21BrN2O2. The van der Waals surface area contributed by atoms with Gasteiger partial charge in [-0.1, -0.05) is 35.0 Å². The van der Waals surface area contributed by atoms with E-state index in [0.29, 0.717) is 12.1 Å². The first-order valence-electron chi connectivity index (χ1n) is 6.60. The standard InChI is InChI=1S/C15H21BrN2O2/c1-5-18(10-14(19)17(3)4)11(2)15(20)12-6-8-13(16)9-7-12/h6-9,11H,5,10H2,1-4H3. The number of hydrogen-bond donors (Lipinski definition) is 0. The van der Waals surface area contributed by atoms with Crippen LogP contribution in [0.2, 0.25) is 0 Å². The number of Topliss-reactive ketones (excluding diaryl/α,β-unsaturated/α-hetero) is 1. The lowest BCUT2D eigenvalue weighted by Gasteiger charge is -2.27. The second-order valence-electron chi connectivity index (χ2n) is 4.90. The molecule has 0 aliphatic heterocycles. The van der Waals surface area contributed by atoms with Gasteiger partial charge in [-0.15, -0.1) is 0 Å². The van der Waals surface area contributed by atoms with Crippen LogP contribution in [-0.2, 0) is 4.79 Å². The fourth-order valence-corrected chi connectivity index (χ4v) is 2.12. The molecule has 0 radical (unpaired) electrons. The molecule has 110 valence electrons. The van der Waals surface area contributed by atoms with Crippen molar-refractivity contribution in [2.45, 2.75) is 19.9 Å². The number of rotatable bonds is 6. The Morgan fingerprint density at radius 2 is 1.75 bits per heavy atom. The van der Waals surface area contributed by atoms with E-state index in [-0.39, 0.29) is 24.3 Å². The normalized spacial score (nSPS) is 12.3. The number of benzene rings is 1. The smallest absolute Gasteiger partial charge is 0.236 e. The molecule has 0 aliphatic carbocycles. The minimum absolute atomic E-state index is 0.00214. The van der Waals surface area contributed by atoms with Crippen molar-refractivity contribution < 1.29 is 9.59 Å². The Labute approximate surface area is 128 Å².